The third-order valence-electron chi connectivity index (χ3n) is 3.77. The second kappa shape index (κ2) is 7.90. The zero-order valence-corrected chi connectivity index (χ0v) is 14.9. The topological polar surface area (TPSA) is 37.2 Å². The van der Waals surface area contributed by atoms with Crippen molar-refractivity contribution in [3.8, 4) is 5.75 Å². The van der Waals surface area contributed by atoms with Gasteiger partial charge in [0.25, 0.3) is 0 Å². The van der Waals surface area contributed by atoms with Gasteiger partial charge in [-0.2, -0.15) is 0 Å². The summed E-state index contributed by atoms with van der Waals surface area (Å²) in [4.78, 5) is 10.6. The van der Waals surface area contributed by atoms with Crippen LogP contribution < -0.4 is 4.74 Å². The summed E-state index contributed by atoms with van der Waals surface area (Å²) in [6.07, 6.45) is 2.77. The Hall–Kier alpha value is -2.17. The van der Waals surface area contributed by atoms with Crippen molar-refractivity contribution < 1.29 is 9.13 Å². The molecule has 5 heteroatoms. The minimum Gasteiger partial charge on any atom is -0.494 e. The number of amidine groups is 1. The van der Waals surface area contributed by atoms with Crippen molar-refractivity contribution in [1.82, 2.24) is 4.90 Å². The van der Waals surface area contributed by atoms with E-state index in [1.165, 1.54) is 13.2 Å². The van der Waals surface area contributed by atoms with Crippen molar-refractivity contribution in [3.05, 3.63) is 35.8 Å². The highest BCUT2D eigenvalue weighted by Crippen LogP contribution is 2.24. The van der Waals surface area contributed by atoms with Gasteiger partial charge in [0.15, 0.2) is 11.6 Å². The molecule has 0 fully saturated rings. The highest BCUT2D eigenvalue weighted by atomic mass is 19.1. The first-order chi connectivity index (χ1) is 10.7. The number of benzene rings is 1. The monoisotopic (exact) mass is 319 g/mol. The van der Waals surface area contributed by atoms with Crippen molar-refractivity contribution in [3.63, 3.8) is 0 Å². The van der Waals surface area contributed by atoms with Gasteiger partial charge in [-0.3, -0.25) is 9.98 Å². The molecular formula is C18H26FN3O. The smallest absolute Gasteiger partial charge is 0.165 e. The lowest BCUT2D eigenvalue weighted by Gasteiger charge is -2.22. The molecule has 1 aromatic rings. The predicted molar refractivity (Wildman–Crippen MR) is 95.7 cm³/mol. The summed E-state index contributed by atoms with van der Waals surface area (Å²) in [6.45, 7) is 11.8. The molecule has 1 rings (SSSR count). The molecule has 0 amide bonds. The number of methoxy groups -OCH3 is 1. The summed E-state index contributed by atoms with van der Waals surface area (Å²) in [6, 6.07) is 4.61. The molecule has 0 spiro atoms. The average molecular weight is 319 g/mol. The molecular weight excluding hydrogens is 293 g/mol. The van der Waals surface area contributed by atoms with Gasteiger partial charge in [-0.15, -0.1) is 0 Å². The minimum absolute atomic E-state index is 0.118. The second-order valence-electron chi connectivity index (χ2n) is 5.96. The van der Waals surface area contributed by atoms with E-state index in [1.807, 2.05) is 25.1 Å². The molecule has 23 heavy (non-hydrogen) atoms. The molecule has 4 nitrogen and oxygen atoms in total. The van der Waals surface area contributed by atoms with E-state index >= 15 is 0 Å². The summed E-state index contributed by atoms with van der Waals surface area (Å²) in [5.74, 6) is 0.639. The number of nitrogens with zero attached hydrogens (tertiary/aromatic N) is 3. The van der Waals surface area contributed by atoms with Gasteiger partial charge in [0.05, 0.1) is 18.3 Å². The zero-order chi connectivity index (χ0) is 17.6. The maximum absolute atomic E-state index is 13.5. The summed E-state index contributed by atoms with van der Waals surface area (Å²) < 4.78 is 18.5. The first-order valence-corrected chi connectivity index (χ1v) is 7.55. The number of ether oxygens (including phenoxy) is 1. The minimum atomic E-state index is -0.407. The van der Waals surface area contributed by atoms with Gasteiger partial charge in [0.2, 0.25) is 0 Å². The van der Waals surface area contributed by atoms with Crippen LogP contribution in [0.1, 0.15) is 39.7 Å². The molecule has 0 saturated heterocycles. The number of aliphatic imine (C=N–C) groups is 2. The second-order valence-corrected chi connectivity index (χ2v) is 5.96. The van der Waals surface area contributed by atoms with E-state index in [0.717, 1.165) is 17.8 Å². The molecule has 0 heterocycles. The van der Waals surface area contributed by atoms with Crippen LogP contribution in [0.3, 0.4) is 0 Å². The fourth-order valence-corrected chi connectivity index (χ4v) is 1.90. The van der Waals surface area contributed by atoms with Crippen LogP contribution in [0.2, 0.25) is 0 Å². The molecule has 0 bridgehead atoms. The van der Waals surface area contributed by atoms with Crippen LogP contribution in [-0.2, 0) is 0 Å². The summed E-state index contributed by atoms with van der Waals surface area (Å²) >= 11 is 0. The Bertz CT molecular complexity index is 621. The van der Waals surface area contributed by atoms with Crippen molar-refractivity contribution >= 4 is 18.3 Å². The number of rotatable bonds is 6. The van der Waals surface area contributed by atoms with E-state index in [0.29, 0.717) is 5.70 Å². The molecule has 0 saturated carbocycles. The SMILES string of the molecule is C=NC(=CN(C)C(C)=NC(C)(C)CC)c1ccc(F)c(OC)c1. The molecule has 1 aromatic carbocycles. The largest absolute Gasteiger partial charge is 0.494 e. The number of hydrogen-bond acceptors (Lipinski definition) is 3. The van der Waals surface area contributed by atoms with Gasteiger partial charge in [0.1, 0.15) is 5.84 Å². The van der Waals surface area contributed by atoms with Crippen LogP contribution >= 0.6 is 0 Å². The first-order valence-electron chi connectivity index (χ1n) is 7.55. The molecule has 0 aliphatic heterocycles. The van der Waals surface area contributed by atoms with Crippen LogP contribution in [0.4, 0.5) is 4.39 Å². The highest BCUT2D eigenvalue weighted by molar-refractivity contribution is 5.83. The van der Waals surface area contributed by atoms with Crippen molar-refractivity contribution in [2.45, 2.75) is 39.7 Å². The molecule has 0 unspecified atom stereocenters. The van der Waals surface area contributed by atoms with Crippen LogP contribution in [0.25, 0.3) is 5.70 Å². The standard InChI is InChI=1S/C18H26FN3O/c1-8-18(3,4)21-13(2)22(6)12-16(20-5)14-9-10-15(19)17(11-14)23-7/h9-12H,5,8H2,1-4,6-7H3. The van der Waals surface area contributed by atoms with Gasteiger partial charge in [-0.25, -0.2) is 4.39 Å². The fourth-order valence-electron chi connectivity index (χ4n) is 1.90. The molecule has 126 valence electrons. The Morgan fingerprint density at radius 1 is 1.43 bits per heavy atom. The maximum atomic E-state index is 13.5. The number of halogens is 1. The predicted octanol–water partition coefficient (Wildman–Crippen LogP) is 4.37. The van der Waals surface area contributed by atoms with Gasteiger partial charge < -0.3 is 9.64 Å². The van der Waals surface area contributed by atoms with Crippen molar-refractivity contribution in [1.29, 1.82) is 0 Å². The average Bonchev–Trinajstić information content (AvgIpc) is 2.52. The third kappa shape index (κ3) is 5.20. The van der Waals surface area contributed by atoms with Crippen molar-refractivity contribution in [2.75, 3.05) is 14.2 Å². The van der Waals surface area contributed by atoms with E-state index < -0.39 is 5.82 Å². The summed E-state index contributed by atoms with van der Waals surface area (Å²) in [5.41, 5.74) is 1.23. The Labute approximate surface area is 138 Å². The Kier molecular flexibility index (Phi) is 6.49. The van der Waals surface area contributed by atoms with Crippen LogP contribution in [0.5, 0.6) is 5.75 Å². The van der Waals surface area contributed by atoms with Gasteiger partial charge in [0, 0.05) is 18.8 Å². The normalized spacial score (nSPS) is 13.0. The molecule has 0 aliphatic carbocycles. The van der Waals surface area contributed by atoms with E-state index in [1.54, 1.807) is 12.1 Å². The number of hydrogen-bond donors (Lipinski definition) is 0. The maximum Gasteiger partial charge on any atom is 0.165 e. The van der Waals surface area contributed by atoms with Crippen LogP contribution in [-0.4, -0.2) is 37.1 Å². The lowest BCUT2D eigenvalue weighted by Crippen LogP contribution is -2.25. The summed E-state index contributed by atoms with van der Waals surface area (Å²) in [7, 11) is 3.33. The van der Waals surface area contributed by atoms with Crippen LogP contribution in [0.15, 0.2) is 34.4 Å². The van der Waals surface area contributed by atoms with Crippen LogP contribution in [0, 0.1) is 5.82 Å². The van der Waals surface area contributed by atoms with Gasteiger partial charge in [-0.05, 0) is 52.1 Å². The third-order valence-corrected chi connectivity index (χ3v) is 3.77. The van der Waals surface area contributed by atoms with E-state index in [4.69, 9.17) is 9.73 Å². The quantitative estimate of drug-likeness (QED) is 0.576. The Balaban J connectivity index is 3.14. The van der Waals surface area contributed by atoms with E-state index in [-0.39, 0.29) is 11.3 Å². The lowest BCUT2D eigenvalue weighted by atomic mass is 10.0. The first kappa shape index (κ1) is 18.9. The molecule has 0 aromatic heterocycles. The summed E-state index contributed by atoms with van der Waals surface area (Å²) in [5, 5.41) is 0. The van der Waals surface area contributed by atoms with Gasteiger partial charge >= 0.3 is 0 Å². The lowest BCUT2D eigenvalue weighted by molar-refractivity contribution is 0.386. The molecule has 0 aliphatic rings. The molecule has 0 atom stereocenters. The van der Waals surface area contributed by atoms with Crippen molar-refractivity contribution in [2.24, 2.45) is 9.98 Å². The highest BCUT2D eigenvalue weighted by Gasteiger charge is 2.14. The Morgan fingerprint density at radius 2 is 2.09 bits per heavy atom. The fraction of sp³-hybridized carbons (Fsp3) is 0.444. The molecule has 0 radical (unpaired) electrons. The molecule has 0 N–H and O–H groups in total. The van der Waals surface area contributed by atoms with Gasteiger partial charge in [-0.1, -0.05) is 6.92 Å². The zero-order valence-electron chi connectivity index (χ0n) is 14.9. The van der Waals surface area contributed by atoms with E-state index in [2.05, 4.69) is 32.5 Å². The van der Waals surface area contributed by atoms with E-state index in [9.17, 15) is 4.39 Å². The Morgan fingerprint density at radius 3 is 2.61 bits per heavy atom.